The minimum atomic E-state index is -1.82. The van der Waals surface area contributed by atoms with Crippen LogP contribution in [0.2, 0.25) is 0 Å². The molecule has 43 heavy (non-hydrogen) atoms. The second-order valence-electron chi connectivity index (χ2n) is 9.90. The maximum atomic E-state index is 13.9. The van der Waals surface area contributed by atoms with Gasteiger partial charge in [0.05, 0.1) is 0 Å². The van der Waals surface area contributed by atoms with Crippen molar-refractivity contribution in [2.45, 2.75) is 68.4 Å². The van der Waals surface area contributed by atoms with Crippen LogP contribution in [-0.4, -0.2) is 46.8 Å². The van der Waals surface area contributed by atoms with Crippen LogP contribution in [0.1, 0.15) is 62.3 Å². The van der Waals surface area contributed by atoms with Gasteiger partial charge in [-0.1, -0.05) is 97.2 Å². The molecular formula is C35H48O8. The summed E-state index contributed by atoms with van der Waals surface area (Å²) in [6, 6.07) is 0. The Hall–Kier alpha value is -4.20. The molecule has 0 aromatic rings. The quantitative estimate of drug-likeness (QED) is 0.133. The van der Waals surface area contributed by atoms with E-state index in [4.69, 9.17) is 9.47 Å². The molecule has 0 bridgehead atoms. The molecule has 0 aliphatic rings. The number of ether oxygens (including phenoxy) is 2. The lowest BCUT2D eigenvalue weighted by molar-refractivity contribution is -0.173. The molecule has 0 saturated heterocycles. The lowest BCUT2D eigenvalue weighted by Gasteiger charge is -2.40. The monoisotopic (exact) mass is 596 g/mol. The number of aliphatic carboxylic acids is 2. The molecule has 0 spiro atoms. The summed E-state index contributed by atoms with van der Waals surface area (Å²) in [4.78, 5) is 53.3. The van der Waals surface area contributed by atoms with Crippen LogP contribution in [0.5, 0.6) is 0 Å². The predicted molar refractivity (Wildman–Crippen MR) is 170 cm³/mol. The largest absolute Gasteiger partial charge is 0.480 e. The molecule has 1 atom stereocenters. The Morgan fingerprint density at radius 1 is 0.512 bits per heavy atom. The SMILES string of the molecule is CC=CC(C=CC)(C(=O)O)C(C=CC)(C=CC)C(=O)OCC(C)OC(=O)C(C=CC)(C=CC)C(C=CC)(C=CC)C(=O)O. The molecule has 0 aromatic carbocycles. The molecule has 2 N–H and O–H groups in total. The zero-order valence-corrected chi connectivity index (χ0v) is 26.9. The maximum absolute atomic E-state index is 13.9. The van der Waals surface area contributed by atoms with Crippen molar-refractivity contribution in [3.8, 4) is 0 Å². The fourth-order valence-corrected chi connectivity index (χ4v) is 5.30. The molecule has 0 heterocycles. The molecule has 0 fully saturated rings. The number of rotatable bonds is 17. The first kappa shape index (κ1) is 38.8. The Balaban J connectivity index is 6.85. The van der Waals surface area contributed by atoms with Crippen molar-refractivity contribution in [3.63, 3.8) is 0 Å². The molecule has 0 radical (unpaired) electrons. The maximum Gasteiger partial charge on any atom is 0.322 e. The first-order chi connectivity index (χ1) is 20.3. The van der Waals surface area contributed by atoms with Crippen LogP contribution in [0.4, 0.5) is 0 Å². The Morgan fingerprint density at radius 3 is 1.02 bits per heavy atom. The molecule has 0 aliphatic carbocycles. The number of esters is 2. The minimum absolute atomic E-state index is 0.419. The third-order valence-corrected chi connectivity index (χ3v) is 6.95. The first-order valence-corrected chi connectivity index (χ1v) is 14.3. The van der Waals surface area contributed by atoms with Gasteiger partial charge in [-0.25, -0.2) is 0 Å². The third-order valence-electron chi connectivity index (χ3n) is 6.95. The van der Waals surface area contributed by atoms with Crippen molar-refractivity contribution in [2.24, 2.45) is 21.7 Å². The summed E-state index contributed by atoms with van der Waals surface area (Å²) in [7, 11) is 0. The Kier molecular flexibility index (Phi) is 16.0. The topological polar surface area (TPSA) is 127 Å². The van der Waals surface area contributed by atoms with Gasteiger partial charge in [0.15, 0.2) is 0 Å². The Morgan fingerprint density at radius 2 is 0.767 bits per heavy atom. The predicted octanol–water partition coefficient (Wildman–Crippen LogP) is 7.18. The average molecular weight is 597 g/mol. The lowest BCUT2D eigenvalue weighted by Crippen LogP contribution is -2.51. The Labute approximate surface area is 256 Å². The number of carboxylic acid groups (broad SMARTS) is 2. The van der Waals surface area contributed by atoms with Gasteiger partial charge in [0.2, 0.25) is 0 Å². The molecular weight excluding hydrogens is 548 g/mol. The van der Waals surface area contributed by atoms with Crippen molar-refractivity contribution in [3.05, 3.63) is 97.2 Å². The molecule has 0 amide bonds. The second-order valence-corrected chi connectivity index (χ2v) is 9.90. The van der Waals surface area contributed by atoms with Crippen LogP contribution in [0.15, 0.2) is 97.2 Å². The van der Waals surface area contributed by atoms with E-state index in [2.05, 4.69) is 0 Å². The van der Waals surface area contributed by atoms with Crippen molar-refractivity contribution in [1.29, 1.82) is 0 Å². The standard InChI is InChI=1S/C35H48O8/c1-10-18-32(19-11-2,28(36)37)34(22-14-5,23-15-6)30(40)42-26-27(9)43-31(41)35(24-16-7,25-17-8)33(20-12-3,21-13-4)29(38)39/h10-25,27H,26H2,1-9H3,(H,36,37)(H,38,39). The van der Waals surface area contributed by atoms with E-state index in [1.165, 1.54) is 55.5 Å². The van der Waals surface area contributed by atoms with E-state index in [-0.39, 0.29) is 0 Å². The summed E-state index contributed by atoms with van der Waals surface area (Å²) < 4.78 is 11.4. The molecule has 1 unspecified atom stereocenters. The van der Waals surface area contributed by atoms with Gasteiger partial charge in [-0.3, -0.25) is 19.2 Å². The van der Waals surface area contributed by atoms with Gasteiger partial charge in [-0.15, -0.1) is 0 Å². The number of carbonyl (C=O) groups excluding carboxylic acids is 2. The van der Waals surface area contributed by atoms with Crippen molar-refractivity contribution in [1.82, 2.24) is 0 Å². The second kappa shape index (κ2) is 17.7. The van der Waals surface area contributed by atoms with Crippen molar-refractivity contribution < 1.29 is 38.9 Å². The number of hydrogen-bond donors (Lipinski definition) is 2. The minimum Gasteiger partial charge on any atom is -0.480 e. The van der Waals surface area contributed by atoms with Crippen molar-refractivity contribution in [2.75, 3.05) is 6.61 Å². The zero-order chi connectivity index (χ0) is 33.3. The van der Waals surface area contributed by atoms with Crippen LogP contribution in [0, 0.1) is 21.7 Å². The lowest BCUT2D eigenvalue weighted by atomic mass is 9.62. The zero-order valence-electron chi connectivity index (χ0n) is 26.9. The molecule has 0 aliphatic heterocycles. The third kappa shape index (κ3) is 7.80. The number of carbonyl (C=O) groups is 4. The summed E-state index contributed by atoms with van der Waals surface area (Å²) in [6.07, 6.45) is 23.1. The average Bonchev–Trinajstić information content (AvgIpc) is 2.94. The molecule has 0 rings (SSSR count). The smallest absolute Gasteiger partial charge is 0.322 e. The molecule has 8 heteroatoms. The van der Waals surface area contributed by atoms with Crippen molar-refractivity contribution >= 4 is 23.9 Å². The summed E-state index contributed by atoms with van der Waals surface area (Å²) in [5, 5.41) is 20.8. The van der Waals surface area contributed by atoms with Gasteiger partial charge in [0, 0.05) is 0 Å². The van der Waals surface area contributed by atoms with Gasteiger partial charge in [0.25, 0.3) is 0 Å². The van der Waals surface area contributed by atoms with Crippen LogP contribution >= 0.6 is 0 Å². The number of carboxylic acids is 2. The van der Waals surface area contributed by atoms with E-state index in [9.17, 15) is 29.4 Å². The summed E-state index contributed by atoms with van der Waals surface area (Å²) >= 11 is 0. The van der Waals surface area contributed by atoms with Gasteiger partial charge in [0.1, 0.15) is 34.4 Å². The van der Waals surface area contributed by atoms with Gasteiger partial charge < -0.3 is 19.7 Å². The summed E-state index contributed by atoms with van der Waals surface area (Å²) in [5.74, 6) is -4.28. The van der Waals surface area contributed by atoms with Crippen LogP contribution in [0.3, 0.4) is 0 Å². The highest BCUT2D eigenvalue weighted by molar-refractivity contribution is 5.95. The molecule has 8 nitrogen and oxygen atoms in total. The van der Waals surface area contributed by atoms with E-state index >= 15 is 0 Å². The fourth-order valence-electron chi connectivity index (χ4n) is 5.30. The van der Waals surface area contributed by atoms with Crippen LogP contribution < -0.4 is 0 Å². The fraction of sp³-hybridized carbons (Fsp3) is 0.429. The van der Waals surface area contributed by atoms with E-state index in [1.54, 1.807) is 104 Å². The van der Waals surface area contributed by atoms with E-state index < -0.39 is 58.2 Å². The molecule has 236 valence electrons. The molecule has 0 aromatic heterocycles. The van der Waals surface area contributed by atoms with E-state index in [0.29, 0.717) is 0 Å². The molecule has 0 saturated carbocycles. The normalized spacial score (nSPS) is 19.4. The van der Waals surface area contributed by atoms with Gasteiger partial charge in [-0.2, -0.15) is 0 Å². The van der Waals surface area contributed by atoms with Gasteiger partial charge >= 0.3 is 23.9 Å². The van der Waals surface area contributed by atoms with Crippen LogP contribution in [0.25, 0.3) is 0 Å². The first-order valence-electron chi connectivity index (χ1n) is 14.3. The number of allylic oxidation sites excluding steroid dienone is 8. The van der Waals surface area contributed by atoms with E-state index in [0.717, 1.165) is 0 Å². The van der Waals surface area contributed by atoms with Crippen LogP contribution in [-0.2, 0) is 28.7 Å². The summed E-state index contributed by atoms with van der Waals surface area (Å²) in [5.41, 5.74) is -7.20. The highest BCUT2D eigenvalue weighted by Crippen LogP contribution is 2.48. The van der Waals surface area contributed by atoms with E-state index in [1.807, 2.05) is 0 Å². The summed E-state index contributed by atoms with van der Waals surface area (Å²) in [6.45, 7) is 14.4. The number of hydrogen-bond acceptors (Lipinski definition) is 6. The highest BCUT2D eigenvalue weighted by Gasteiger charge is 2.58. The van der Waals surface area contributed by atoms with Gasteiger partial charge in [-0.05, 0) is 62.3 Å². The highest BCUT2D eigenvalue weighted by atomic mass is 16.6. The Bertz CT molecular complexity index is 1160.